The average Bonchev–Trinajstić information content (AvgIpc) is 2.74. The monoisotopic (exact) mass is 378 g/mol. The van der Waals surface area contributed by atoms with Crippen molar-refractivity contribution in [3.63, 3.8) is 0 Å². The van der Waals surface area contributed by atoms with Crippen molar-refractivity contribution in [1.29, 1.82) is 0 Å². The smallest absolute Gasteiger partial charge is 0.270 e. The maximum absolute atomic E-state index is 12.4. The van der Waals surface area contributed by atoms with E-state index < -0.39 is 0 Å². The third-order valence-electron chi connectivity index (χ3n) is 4.07. The van der Waals surface area contributed by atoms with Crippen molar-refractivity contribution in [3.8, 4) is 11.5 Å². The number of amides is 1. The number of carbonyl (C=O) groups is 1. The summed E-state index contributed by atoms with van der Waals surface area (Å²) in [7, 11) is 3.24. The van der Waals surface area contributed by atoms with Crippen molar-refractivity contribution in [1.82, 2.24) is 15.3 Å². The van der Waals surface area contributed by atoms with Gasteiger partial charge >= 0.3 is 0 Å². The third-order valence-corrected chi connectivity index (χ3v) is 4.07. The van der Waals surface area contributed by atoms with E-state index in [1.54, 1.807) is 26.5 Å². The van der Waals surface area contributed by atoms with E-state index in [9.17, 15) is 4.79 Å². The van der Waals surface area contributed by atoms with Crippen LogP contribution in [0.4, 0.5) is 11.6 Å². The molecule has 0 fully saturated rings. The second kappa shape index (κ2) is 9.36. The van der Waals surface area contributed by atoms with Gasteiger partial charge in [-0.05, 0) is 42.3 Å². The number of hydrogen-bond acceptors (Lipinski definition) is 6. The summed E-state index contributed by atoms with van der Waals surface area (Å²) in [5.74, 6) is 1.63. The zero-order valence-corrected chi connectivity index (χ0v) is 15.8. The molecule has 0 aliphatic carbocycles. The van der Waals surface area contributed by atoms with Gasteiger partial charge in [-0.15, -0.1) is 0 Å². The Balaban J connectivity index is 1.57. The van der Waals surface area contributed by atoms with Crippen LogP contribution in [-0.2, 0) is 6.42 Å². The molecule has 2 aromatic carbocycles. The number of carbonyl (C=O) groups excluding carboxylic acids is 1. The number of nitrogens with zero attached hydrogens (tertiary/aromatic N) is 2. The van der Waals surface area contributed by atoms with Crippen molar-refractivity contribution in [2.45, 2.75) is 6.42 Å². The highest BCUT2D eigenvalue weighted by Crippen LogP contribution is 2.19. The van der Waals surface area contributed by atoms with Gasteiger partial charge < -0.3 is 20.1 Å². The predicted molar refractivity (Wildman–Crippen MR) is 107 cm³/mol. The summed E-state index contributed by atoms with van der Waals surface area (Å²) in [6, 6.07) is 16.7. The minimum absolute atomic E-state index is 0.246. The Morgan fingerprint density at radius 2 is 1.79 bits per heavy atom. The molecule has 0 radical (unpaired) electrons. The van der Waals surface area contributed by atoms with E-state index in [-0.39, 0.29) is 5.91 Å². The predicted octanol–water partition coefficient (Wildman–Crippen LogP) is 3.21. The van der Waals surface area contributed by atoms with Crippen LogP contribution in [0.25, 0.3) is 0 Å². The molecule has 0 atom stereocenters. The Morgan fingerprint density at radius 1 is 1.00 bits per heavy atom. The SMILES string of the molecule is COc1ccc(CCNC(=O)c2ccnc(Nc3cccc(OC)c3)n2)cc1. The largest absolute Gasteiger partial charge is 0.497 e. The Labute approximate surface area is 163 Å². The summed E-state index contributed by atoms with van der Waals surface area (Å²) in [6.07, 6.45) is 2.27. The van der Waals surface area contributed by atoms with Gasteiger partial charge in [-0.25, -0.2) is 9.97 Å². The summed E-state index contributed by atoms with van der Waals surface area (Å²) in [5, 5.41) is 5.95. The molecule has 0 aliphatic heterocycles. The van der Waals surface area contributed by atoms with E-state index in [1.807, 2.05) is 48.5 Å². The van der Waals surface area contributed by atoms with Gasteiger partial charge in [0.25, 0.3) is 5.91 Å². The van der Waals surface area contributed by atoms with Crippen molar-refractivity contribution in [2.24, 2.45) is 0 Å². The topological polar surface area (TPSA) is 85.4 Å². The van der Waals surface area contributed by atoms with Gasteiger partial charge in [0.15, 0.2) is 0 Å². The van der Waals surface area contributed by atoms with Gasteiger partial charge in [-0.2, -0.15) is 0 Å². The Hall–Kier alpha value is -3.61. The minimum atomic E-state index is -0.246. The van der Waals surface area contributed by atoms with Crippen LogP contribution in [-0.4, -0.2) is 36.6 Å². The van der Waals surface area contributed by atoms with E-state index in [1.165, 1.54) is 0 Å². The average molecular weight is 378 g/mol. The molecule has 144 valence electrons. The van der Waals surface area contributed by atoms with Crippen molar-refractivity contribution in [3.05, 3.63) is 72.1 Å². The number of nitrogens with one attached hydrogen (secondary N) is 2. The zero-order chi connectivity index (χ0) is 19.8. The summed E-state index contributed by atoms with van der Waals surface area (Å²) in [6.45, 7) is 0.508. The van der Waals surface area contributed by atoms with Crippen LogP contribution >= 0.6 is 0 Å². The molecule has 0 bridgehead atoms. The summed E-state index contributed by atoms with van der Waals surface area (Å²) >= 11 is 0. The van der Waals surface area contributed by atoms with Crippen molar-refractivity contribution in [2.75, 3.05) is 26.1 Å². The number of anilines is 2. The molecule has 1 heterocycles. The third kappa shape index (κ3) is 5.20. The molecule has 0 spiro atoms. The lowest BCUT2D eigenvalue weighted by Crippen LogP contribution is -2.26. The second-order valence-electron chi connectivity index (χ2n) is 5.98. The van der Waals surface area contributed by atoms with Crippen LogP contribution in [0.3, 0.4) is 0 Å². The van der Waals surface area contributed by atoms with Crippen LogP contribution < -0.4 is 20.1 Å². The molecular weight excluding hydrogens is 356 g/mol. The van der Waals surface area contributed by atoms with Gasteiger partial charge in [0.2, 0.25) is 5.95 Å². The van der Waals surface area contributed by atoms with Gasteiger partial charge in [0.1, 0.15) is 17.2 Å². The highest BCUT2D eigenvalue weighted by molar-refractivity contribution is 5.92. The number of hydrogen-bond donors (Lipinski definition) is 2. The van der Waals surface area contributed by atoms with E-state index in [2.05, 4.69) is 20.6 Å². The van der Waals surface area contributed by atoms with Crippen LogP contribution in [0.1, 0.15) is 16.1 Å². The first-order valence-corrected chi connectivity index (χ1v) is 8.83. The molecule has 0 saturated carbocycles. The minimum Gasteiger partial charge on any atom is -0.497 e. The lowest BCUT2D eigenvalue weighted by molar-refractivity contribution is 0.0949. The first-order chi connectivity index (χ1) is 13.7. The molecule has 3 rings (SSSR count). The number of rotatable bonds is 8. The second-order valence-corrected chi connectivity index (χ2v) is 5.98. The van der Waals surface area contributed by atoms with Gasteiger partial charge in [-0.3, -0.25) is 4.79 Å². The first kappa shape index (κ1) is 19.2. The Kier molecular flexibility index (Phi) is 6.41. The standard InChI is InChI=1S/C21H22N4O3/c1-27-17-8-6-15(7-9-17)10-12-22-20(26)19-11-13-23-21(25-19)24-16-4-3-5-18(14-16)28-2/h3-9,11,13-14H,10,12H2,1-2H3,(H,22,26)(H,23,24,25). The normalized spacial score (nSPS) is 10.2. The highest BCUT2D eigenvalue weighted by Gasteiger charge is 2.09. The fourth-order valence-corrected chi connectivity index (χ4v) is 2.58. The summed E-state index contributed by atoms with van der Waals surface area (Å²) < 4.78 is 10.3. The fourth-order valence-electron chi connectivity index (χ4n) is 2.58. The molecule has 28 heavy (non-hydrogen) atoms. The molecule has 7 nitrogen and oxygen atoms in total. The molecule has 7 heteroatoms. The molecule has 1 aromatic heterocycles. The summed E-state index contributed by atoms with van der Waals surface area (Å²) in [5.41, 5.74) is 2.19. The highest BCUT2D eigenvalue weighted by atomic mass is 16.5. The first-order valence-electron chi connectivity index (χ1n) is 8.83. The van der Waals surface area contributed by atoms with Crippen molar-refractivity contribution >= 4 is 17.5 Å². The Morgan fingerprint density at radius 3 is 2.54 bits per heavy atom. The maximum atomic E-state index is 12.4. The lowest BCUT2D eigenvalue weighted by atomic mass is 10.1. The fraction of sp³-hybridized carbons (Fsp3) is 0.190. The molecule has 1 amide bonds. The van der Waals surface area contributed by atoms with Gasteiger partial charge in [-0.1, -0.05) is 18.2 Å². The van der Waals surface area contributed by atoms with E-state index in [0.717, 1.165) is 29.2 Å². The number of methoxy groups -OCH3 is 2. The van der Waals surface area contributed by atoms with E-state index in [0.29, 0.717) is 18.2 Å². The van der Waals surface area contributed by atoms with Crippen LogP contribution in [0, 0.1) is 0 Å². The lowest BCUT2D eigenvalue weighted by Gasteiger charge is -2.09. The molecule has 2 N–H and O–H groups in total. The molecule has 3 aromatic rings. The maximum Gasteiger partial charge on any atom is 0.270 e. The van der Waals surface area contributed by atoms with E-state index >= 15 is 0 Å². The van der Waals surface area contributed by atoms with Gasteiger partial charge in [0.05, 0.1) is 14.2 Å². The molecule has 0 unspecified atom stereocenters. The van der Waals surface area contributed by atoms with Crippen LogP contribution in [0.5, 0.6) is 11.5 Å². The Bertz CT molecular complexity index is 929. The number of ether oxygens (including phenoxy) is 2. The number of aromatic nitrogens is 2. The van der Waals surface area contributed by atoms with E-state index in [4.69, 9.17) is 9.47 Å². The van der Waals surface area contributed by atoms with Crippen molar-refractivity contribution < 1.29 is 14.3 Å². The quantitative estimate of drug-likeness (QED) is 0.626. The zero-order valence-electron chi connectivity index (χ0n) is 15.8. The molecule has 0 saturated heterocycles. The number of benzene rings is 2. The van der Waals surface area contributed by atoms with Crippen LogP contribution in [0.15, 0.2) is 60.8 Å². The molecular formula is C21H22N4O3. The summed E-state index contributed by atoms with van der Waals surface area (Å²) in [4.78, 5) is 20.8. The van der Waals surface area contributed by atoms with Crippen LogP contribution in [0.2, 0.25) is 0 Å². The van der Waals surface area contributed by atoms with Gasteiger partial charge in [0, 0.05) is 24.5 Å². The molecule has 0 aliphatic rings.